The molecule has 150 valence electrons. The summed E-state index contributed by atoms with van der Waals surface area (Å²) in [6.07, 6.45) is 1.59. The summed E-state index contributed by atoms with van der Waals surface area (Å²) in [4.78, 5) is 21.1. The molecule has 0 spiro atoms. The van der Waals surface area contributed by atoms with Gasteiger partial charge < -0.3 is 19.3 Å². The van der Waals surface area contributed by atoms with Crippen LogP contribution >= 0.6 is 0 Å². The first-order valence-corrected chi connectivity index (χ1v) is 9.11. The molecule has 2 aromatic heterocycles. The molecule has 0 aliphatic rings. The smallest absolute Gasteiger partial charge is 0.257 e. The van der Waals surface area contributed by atoms with Crippen LogP contribution < -0.4 is 14.8 Å². The van der Waals surface area contributed by atoms with Gasteiger partial charge in [-0.3, -0.25) is 4.79 Å². The fourth-order valence-corrected chi connectivity index (χ4v) is 2.70. The maximum Gasteiger partial charge on any atom is 0.257 e. The molecule has 2 aromatic carbocycles. The van der Waals surface area contributed by atoms with Crippen molar-refractivity contribution < 1.29 is 18.8 Å². The zero-order chi connectivity index (χ0) is 20.9. The van der Waals surface area contributed by atoms with E-state index in [0.717, 1.165) is 11.3 Å². The molecule has 4 aromatic rings. The lowest BCUT2D eigenvalue weighted by Gasteiger charge is -2.11. The summed E-state index contributed by atoms with van der Waals surface area (Å²) in [7, 11) is 1.60. The van der Waals surface area contributed by atoms with E-state index in [0.29, 0.717) is 28.7 Å². The van der Waals surface area contributed by atoms with Crippen molar-refractivity contribution in [2.45, 2.75) is 6.92 Å². The number of nitrogens with zero attached hydrogens (tertiary/aromatic N) is 3. The molecule has 1 amide bonds. The number of hydrogen-bond donors (Lipinski definition) is 1. The second-order valence-electron chi connectivity index (χ2n) is 6.31. The van der Waals surface area contributed by atoms with Crippen LogP contribution in [-0.4, -0.2) is 28.1 Å². The number of pyridine rings is 1. The number of methoxy groups -OCH3 is 1. The zero-order valence-corrected chi connectivity index (χ0v) is 16.3. The molecular formula is C22H18N4O4. The number of carbonyl (C=O) groups excluding carboxylic acids is 1. The molecule has 0 saturated heterocycles. The molecule has 0 radical (unpaired) electrons. The summed E-state index contributed by atoms with van der Waals surface area (Å²) >= 11 is 0. The first kappa shape index (κ1) is 19.1. The van der Waals surface area contributed by atoms with E-state index in [1.165, 1.54) is 0 Å². The summed E-state index contributed by atoms with van der Waals surface area (Å²) in [5.74, 6) is 2.24. The van der Waals surface area contributed by atoms with Gasteiger partial charge in [-0.2, -0.15) is 4.98 Å². The Kier molecular flexibility index (Phi) is 5.38. The lowest BCUT2D eigenvalue weighted by molar-refractivity contribution is 0.102. The Labute approximate surface area is 172 Å². The Bertz CT molecular complexity index is 1150. The van der Waals surface area contributed by atoms with Crippen LogP contribution in [0.3, 0.4) is 0 Å². The van der Waals surface area contributed by atoms with Gasteiger partial charge in [0.1, 0.15) is 17.2 Å². The van der Waals surface area contributed by atoms with Gasteiger partial charge in [-0.15, -0.1) is 0 Å². The standard InChI is InChI=1S/C22H18N4O4/c1-14-24-21(30-26-14)16-7-5-15(6-8-16)20(27)25-19-4-3-13-23-22(19)29-18-11-9-17(28-2)10-12-18/h3-13H,1-2H3,(H,25,27). The average Bonchev–Trinajstić information content (AvgIpc) is 3.22. The van der Waals surface area contributed by atoms with Gasteiger partial charge in [0.25, 0.3) is 11.8 Å². The molecule has 0 atom stereocenters. The van der Waals surface area contributed by atoms with Crippen LogP contribution in [0.1, 0.15) is 16.2 Å². The van der Waals surface area contributed by atoms with E-state index < -0.39 is 0 Å². The van der Waals surface area contributed by atoms with Crippen molar-refractivity contribution in [3.8, 4) is 28.8 Å². The minimum absolute atomic E-state index is 0.286. The molecule has 30 heavy (non-hydrogen) atoms. The highest BCUT2D eigenvalue weighted by Crippen LogP contribution is 2.28. The predicted molar refractivity (Wildman–Crippen MR) is 110 cm³/mol. The van der Waals surface area contributed by atoms with Crippen molar-refractivity contribution in [1.82, 2.24) is 15.1 Å². The topological polar surface area (TPSA) is 99.4 Å². The third-order valence-electron chi connectivity index (χ3n) is 4.21. The molecule has 2 heterocycles. The minimum Gasteiger partial charge on any atom is -0.497 e. The van der Waals surface area contributed by atoms with Crippen molar-refractivity contribution in [3.63, 3.8) is 0 Å². The highest BCUT2D eigenvalue weighted by Gasteiger charge is 2.13. The van der Waals surface area contributed by atoms with Crippen LogP contribution in [0.5, 0.6) is 17.4 Å². The summed E-state index contributed by atoms with van der Waals surface area (Å²) in [5, 5.41) is 6.60. The third-order valence-corrected chi connectivity index (χ3v) is 4.21. The number of carbonyl (C=O) groups is 1. The lowest BCUT2D eigenvalue weighted by Crippen LogP contribution is -2.12. The number of anilines is 1. The van der Waals surface area contributed by atoms with E-state index in [9.17, 15) is 4.79 Å². The highest BCUT2D eigenvalue weighted by molar-refractivity contribution is 6.05. The Morgan fingerprint density at radius 1 is 1.00 bits per heavy atom. The van der Waals surface area contributed by atoms with Crippen molar-refractivity contribution in [3.05, 3.63) is 78.2 Å². The molecule has 0 unspecified atom stereocenters. The highest BCUT2D eigenvalue weighted by atomic mass is 16.5. The Morgan fingerprint density at radius 3 is 2.40 bits per heavy atom. The monoisotopic (exact) mass is 402 g/mol. The fraction of sp³-hybridized carbons (Fsp3) is 0.0909. The van der Waals surface area contributed by atoms with Gasteiger partial charge >= 0.3 is 0 Å². The number of aromatic nitrogens is 3. The number of ether oxygens (including phenoxy) is 2. The minimum atomic E-state index is -0.296. The summed E-state index contributed by atoms with van der Waals surface area (Å²) in [5.41, 5.74) is 1.65. The van der Waals surface area contributed by atoms with Gasteiger partial charge in [-0.05, 0) is 67.6 Å². The molecule has 0 bridgehead atoms. The van der Waals surface area contributed by atoms with Crippen molar-refractivity contribution in [2.75, 3.05) is 12.4 Å². The Balaban J connectivity index is 1.49. The van der Waals surface area contributed by atoms with Crippen LogP contribution in [0.15, 0.2) is 71.4 Å². The van der Waals surface area contributed by atoms with Gasteiger partial charge in [0.2, 0.25) is 5.88 Å². The quantitative estimate of drug-likeness (QED) is 0.507. The number of nitrogens with one attached hydrogen (secondary N) is 1. The molecule has 1 N–H and O–H groups in total. The average molecular weight is 402 g/mol. The Hall–Kier alpha value is -4.20. The van der Waals surface area contributed by atoms with Crippen LogP contribution in [-0.2, 0) is 0 Å². The number of hydrogen-bond acceptors (Lipinski definition) is 7. The van der Waals surface area contributed by atoms with Gasteiger partial charge in [-0.25, -0.2) is 4.98 Å². The van der Waals surface area contributed by atoms with Gasteiger partial charge in [0.05, 0.1) is 7.11 Å². The van der Waals surface area contributed by atoms with Crippen LogP contribution in [0.25, 0.3) is 11.5 Å². The van der Waals surface area contributed by atoms with E-state index in [4.69, 9.17) is 14.0 Å². The maximum absolute atomic E-state index is 12.7. The molecule has 8 nitrogen and oxygen atoms in total. The zero-order valence-electron chi connectivity index (χ0n) is 16.3. The predicted octanol–water partition coefficient (Wildman–Crippen LogP) is 4.49. The fourth-order valence-electron chi connectivity index (χ4n) is 2.70. The van der Waals surface area contributed by atoms with Crippen molar-refractivity contribution >= 4 is 11.6 Å². The first-order chi connectivity index (χ1) is 14.6. The van der Waals surface area contributed by atoms with Crippen molar-refractivity contribution in [1.29, 1.82) is 0 Å². The second kappa shape index (κ2) is 8.44. The number of benzene rings is 2. The first-order valence-electron chi connectivity index (χ1n) is 9.11. The third kappa shape index (κ3) is 4.27. The summed E-state index contributed by atoms with van der Waals surface area (Å²) < 4.78 is 16.1. The summed E-state index contributed by atoms with van der Waals surface area (Å²) in [6, 6.07) is 17.4. The number of amides is 1. The van der Waals surface area contributed by atoms with E-state index >= 15 is 0 Å². The second-order valence-corrected chi connectivity index (χ2v) is 6.31. The van der Waals surface area contributed by atoms with Gasteiger partial charge in [0.15, 0.2) is 5.82 Å². The van der Waals surface area contributed by atoms with Crippen LogP contribution in [0.2, 0.25) is 0 Å². The molecule has 8 heteroatoms. The SMILES string of the molecule is COc1ccc(Oc2ncccc2NC(=O)c2ccc(-c3nc(C)no3)cc2)cc1. The number of rotatable bonds is 6. The normalized spacial score (nSPS) is 10.5. The van der Waals surface area contributed by atoms with Crippen LogP contribution in [0, 0.1) is 6.92 Å². The van der Waals surface area contributed by atoms with E-state index in [1.54, 1.807) is 80.9 Å². The molecule has 4 rings (SSSR count). The summed E-state index contributed by atoms with van der Waals surface area (Å²) in [6.45, 7) is 1.74. The molecule has 0 aliphatic heterocycles. The molecule has 0 fully saturated rings. The largest absolute Gasteiger partial charge is 0.497 e. The molecule has 0 aliphatic carbocycles. The molecule has 0 saturated carbocycles. The maximum atomic E-state index is 12.7. The van der Waals surface area contributed by atoms with E-state index in [-0.39, 0.29) is 11.8 Å². The van der Waals surface area contributed by atoms with Crippen LogP contribution in [0.4, 0.5) is 5.69 Å². The lowest BCUT2D eigenvalue weighted by atomic mass is 10.1. The van der Waals surface area contributed by atoms with Crippen molar-refractivity contribution in [2.24, 2.45) is 0 Å². The molecular weight excluding hydrogens is 384 g/mol. The number of aryl methyl sites for hydroxylation is 1. The van der Waals surface area contributed by atoms with Gasteiger partial charge in [0, 0.05) is 17.3 Å². The van der Waals surface area contributed by atoms with E-state index in [2.05, 4.69) is 20.4 Å². The Morgan fingerprint density at radius 2 is 1.73 bits per heavy atom. The van der Waals surface area contributed by atoms with E-state index in [1.807, 2.05) is 0 Å². The van der Waals surface area contributed by atoms with Gasteiger partial charge in [-0.1, -0.05) is 5.16 Å².